The highest BCUT2D eigenvalue weighted by molar-refractivity contribution is 8.00. The molecule has 1 fully saturated rings. The number of aliphatic hydroxyl groups is 3. The average Bonchev–Trinajstić information content (AvgIpc) is 2.52. The van der Waals surface area contributed by atoms with Crippen molar-refractivity contribution >= 4 is 17.6 Å². The van der Waals surface area contributed by atoms with Crippen LogP contribution in [-0.4, -0.2) is 48.4 Å². The molecule has 0 saturated carbocycles. The van der Waals surface area contributed by atoms with Crippen molar-refractivity contribution in [2.45, 2.75) is 29.3 Å². The molecule has 0 radical (unpaired) electrons. The van der Waals surface area contributed by atoms with Gasteiger partial charge in [-0.1, -0.05) is 0 Å². The summed E-state index contributed by atoms with van der Waals surface area (Å²) in [5, 5.41) is 28.0. The van der Waals surface area contributed by atoms with Gasteiger partial charge < -0.3 is 21.1 Å². The van der Waals surface area contributed by atoms with E-state index in [-0.39, 0.29) is 12.4 Å². The number of thioether (sulfide) groups is 1. The molecule has 0 aromatic carbocycles. The summed E-state index contributed by atoms with van der Waals surface area (Å²) in [6.07, 6.45) is 0.297. The van der Waals surface area contributed by atoms with E-state index in [9.17, 15) is 15.0 Å². The Morgan fingerprint density at radius 3 is 2.83 bits per heavy atom. The van der Waals surface area contributed by atoms with Crippen molar-refractivity contribution < 1.29 is 15.3 Å². The molecule has 0 amide bonds. The van der Waals surface area contributed by atoms with E-state index in [1.54, 1.807) is 0 Å². The fraction of sp³-hybridized carbons (Fsp3) is 0.600. The van der Waals surface area contributed by atoms with Crippen LogP contribution >= 0.6 is 11.8 Å². The van der Waals surface area contributed by atoms with Gasteiger partial charge in [0.2, 0.25) is 0 Å². The maximum absolute atomic E-state index is 11.7. The zero-order chi connectivity index (χ0) is 13.5. The van der Waals surface area contributed by atoms with E-state index in [0.717, 1.165) is 11.8 Å². The molecule has 0 aliphatic carbocycles. The van der Waals surface area contributed by atoms with Gasteiger partial charge in [0.05, 0.1) is 18.0 Å². The number of nitrogens with two attached hydrogens (primary N) is 1. The molecule has 2 rings (SSSR count). The molecule has 0 spiro atoms. The minimum atomic E-state index is -1.53. The van der Waals surface area contributed by atoms with Gasteiger partial charge in [0, 0.05) is 6.20 Å². The Labute approximate surface area is 107 Å². The van der Waals surface area contributed by atoms with E-state index < -0.39 is 28.0 Å². The zero-order valence-corrected chi connectivity index (χ0v) is 10.5. The third-order valence-electron chi connectivity index (χ3n) is 3.04. The maximum atomic E-state index is 11.7. The van der Waals surface area contributed by atoms with Gasteiger partial charge in [-0.05, 0) is 13.0 Å². The van der Waals surface area contributed by atoms with Crippen LogP contribution in [-0.2, 0) is 0 Å². The monoisotopic (exact) mass is 273 g/mol. The molecule has 7 nitrogen and oxygen atoms in total. The van der Waals surface area contributed by atoms with Gasteiger partial charge >= 0.3 is 5.69 Å². The first-order chi connectivity index (χ1) is 8.37. The number of anilines is 1. The summed E-state index contributed by atoms with van der Waals surface area (Å²) in [4.78, 5) is 15.3. The summed E-state index contributed by atoms with van der Waals surface area (Å²) in [5.41, 5.74) is 3.26. The van der Waals surface area contributed by atoms with Crippen molar-refractivity contribution in [1.82, 2.24) is 9.55 Å². The molecule has 8 heteroatoms. The lowest BCUT2D eigenvalue weighted by Crippen LogP contribution is -2.46. The molecule has 18 heavy (non-hydrogen) atoms. The van der Waals surface area contributed by atoms with Gasteiger partial charge in [0.1, 0.15) is 16.8 Å². The summed E-state index contributed by atoms with van der Waals surface area (Å²) < 4.78 is 1.21. The van der Waals surface area contributed by atoms with Crippen LogP contribution in [0.1, 0.15) is 12.3 Å². The molecule has 0 bridgehead atoms. The van der Waals surface area contributed by atoms with Crippen LogP contribution in [0.3, 0.4) is 0 Å². The lowest BCUT2D eigenvalue weighted by Gasteiger charge is -2.28. The number of rotatable bonds is 2. The largest absolute Gasteiger partial charge is 0.395 e. The summed E-state index contributed by atoms with van der Waals surface area (Å²) in [7, 11) is 0. The number of nitrogens with zero attached hydrogens (tertiary/aromatic N) is 2. The second-order valence-corrected chi connectivity index (χ2v) is 5.75. The van der Waals surface area contributed by atoms with Crippen LogP contribution in [0.5, 0.6) is 0 Å². The highest BCUT2D eigenvalue weighted by Crippen LogP contribution is 2.47. The Morgan fingerprint density at radius 2 is 2.33 bits per heavy atom. The molecular formula is C10H15N3O4S. The van der Waals surface area contributed by atoms with E-state index in [2.05, 4.69) is 4.98 Å². The smallest absolute Gasteiger partial charge is 0.350 e. The minimum Gasteiger partial charge on any atom is -0.395 e. The number of nitrogen functional groups attached to an aromatic ring is 1. The van der Waals surface area contributed by atoms with Crippen LogP contribution in [0.2, 0.25) is 0 Å². The van der Waals surface area contributed by atoms with Crippen molar-refractivity contribution in [3.05, 3.63) is 22.7 Å². The lowest BCUT2D eigenvalue weighted by atomic mass is 9.96. The summed E-state index contributed by atoms with van der Waals surface area (Å²) in [5.74, 6) is 0.0955. The van der Waals surface area contributed by atoms with Crippen LogP contribution in [0.25, 0.3) is 0 Å². The van der Waals surface area contributed by atoms with Gasteiger partial charge in [0.15, 0.2) is 0 Å². The van der Waals surface area contributed by atoms with Gasteiger partial charge in [0.25, 0.3) is 0 Å². The lowest BCUT2D eigenvalue weighted by molar-refractivity contribution is -0.0684. The molecule has 4 atom stereocenters. The van der Waals surface area contributed by atoms with Gasteiger partial charge in [-0.2, -0.15) is 4.98 Å². The van der Waals surface area contributed by atoms with Crippen molar-refractivity contribution in [1.29, 1.82) is 0 Å². The Morgan fingerprint density at radius 1 is 1.67 bits per heavy atom. The van der Waals surface area contributed by atoms with Crippen molar-refractivity contribution in [2.24, 2.45) is 0 Å². The standard InChI is InChI=1S/C10H15N3O4S/c1-10(17)7(15)5(4-14)18-8(10)13-3-2-6(11)12-9(13)16/h2-3,5,7-8,14-15,17H,4H2,1H3,(H2,11,12,16)/t5-,7-,8-,10-/m1/s1. The maximum Gasteiger partial charge on any atom is 0.350 e. The first kappa shape index (κ1) is 13.3. The predicted molar refractivity (Wildman–Crippen MR) is 67.0 cm³/mol. The number of hydrogen-bond donors (Lipinski definition) is 4. The highest BCUT2D eigenvalue weighted by Gasteiger charge is 2.52. The molecule has 100 valence electrons. The number of hydrogen-bond acceptors (Lipinski definition) is 7. The zero-order valence-electron chi connectivity index (χ0n) is 9.72. The van der Waals surface area contributed by atoms with E-state index >= 15 is 0 Å². The Kier molecular flexibility index (Phi) is 3.37. The van der Waals surface area contributed by atoms with Crippen molar-refractivity contribution in [3.8, 4) is 0 Å². The molecule has 1 aliphatic rings. The van der Waals surface area contributed by atoms with E-state index in [1.165, 1.54) is 23.8 Å². The van der Waals surface area contributed by atoms with Crippen LogP contribution < -0.4 is 11.4 Å². The van der Waals surface area contributed by atoms with Crippen LogP contribution in [0, 0.1) is 0 Å². The summed E-state index contributed by atoms with van der Waals surface area (Å²) >= 11 is 1.13. The van der Waals surface area contributed by atoms with Crippen molar-refractivity contribution in [2.75, 3.05) is 12.3 Å². The van der Waals surface area contributed by atoms with E-state index in [0.29, 0.717) is 0 Å². The molecule has 0 unspecified atom stereocenters. The fourth-order valence-electron chi connectivity index (χ4n) is 1.99. The molecular weight excluding hydrogens is 258 g/mol. The van der Waals surface area contributed by atoms with Crippen LogP contribution in [0.4, 0.5) is 5.82 Å². The highest BCUT2D eigenvalue weighted by atomic mass is 32.2. The average molecular weight is 273 g/mol. The molecule has 2 heterocycles. The topological polar surface area (TPSA) is 122 Å². The third kappa shape index (κ3) is 2.01. The van der Waals surface area contributed by atoms with Gasteiger partial charge in [-0.15, -0.1) is 11.8 Å². The van der Waals surface area contributed by atoms with Crippen molar-refractivity contribution in [3.63, 3.8) is 0 Å². The number of aliphatic hydroxyl groups excluding tert-OH is 2. The number of aromatic nitrogens is 2. The van der Waals surface area contributed by atoms with Gasteiger partial charge in [-0.25, -0.2) is 4.79 Å². The SMILES string of the molecule is C[C@@]1(O)[C@H](O)[C@@H](CO)S[C@H]1n1ccc(N)nc1=O. The molecule has 1 aliphatic heterocycles. The molecule has 1 saturated heterocycles. The Hall–Kier alpha value is -1.09. The first-order valence-corrected chi connectivity index (χ1v) is 6.33. The normalized spacial score (nSPS) is 35.9. The second-order valence-electron chi connectivity index (χ2n) is 4.42. The van der Waals surface area contributed by atoms with E-state index in [4.69, 9.17) is 10.8 Å². The summed E-state index contributed by atoms with van der Waals surface area (Å²) in [6.45, 7) is 1.14. The first-order valence-electron chi connectivity index (χ1n) is 5.39. The molecule has 1 aromatic rings. The fourth-order valence-corrected chi connectivity index (χ4v) is 3.54. The third-order valence-corrected chi connectivity index (χ3v) is 4.76. The summed E-state index contributed by atoms with van der Waals surface area (Å²) in [6, 6.07) is 1.44. The Balaban J connectivity index is 2.42. The molecule has 5 N–H and O–H groups in total. The Bertz CT molecular complexity index is 504. The quantitative estimate of drug-likeness (QED) is 0.519. The second kappa shape index (κ2) is 4.54. The predicted octanol–water partition coefficient (Wildman–Crippen LogP) is -1.46. The molecule has 1 aromatic heterocycles. The van der Waals surface area contributed by atoms with Gasteiger partial charge in [-0.3, -0.25) is 4.57 Å². The minimum absolute atomic E-state index is 0.0955. The van der Waals surface area contributed by atoms with Crippen LogP contribution in [0.15, 0.2) is 17.1 Å². The van der Waals surface area contributed by atoms with E-state index in [1.807, 2.05) is 0 Å².